The van der Waals surface area contributed by atoms with Gasteiger partial charge in [-0.3, -0.25) is 4.79 Å². The third kappa shape index (κ3) is 3.31. The summed E-state index contributed by atoms with van der Waals surface area (Å²) in [6.45, 7) is 3.96. The second kappa shape index (κ2) is 7.29. The third-order valence-corrected chi connectivity index (χ3v) is 6.31. The van der Waals surface area contributed by atoms with E-state index in [-0.39, 0.29) is 5.92 Å². The van der Waals surface area contributed by atoms with E-state index >= 15 is 0 Å². The van der Waals surface area contributed by atoms with Gasteiger partial charge in [0.15, 0.2) is 5.58 Å². The maximum Gasteiger partial charge on any atom is 0.298 e. The maximum absolute atomic E-state index is 13.0. The number of hydrogen-bond donors (Lipinski definition) is 0. The molecule has 2 fully saturated rings. The lowest BCUT2D eigenvalue weighted by molar-refractivity contribution is -0.138. The van der Waals surface area contributed by atoms with Crippen molar-refractivity contribution in [3.63, 3.8) is 0 Å². The summed E-state index contributed by atoms with van der Waals surface area (Å²) in [5.41, 5.74) is 1.72. The first-order valence-corrected chi connectivity index (χ1v) is 10.0. The Morgan fingerprint density at radius 1 is 1.15 bits per heavy atom. The molecule has 5 nitrogen and oxygen atoms in total. The van der Waals surface area contributed by atoms with Gasteiger partial charge in [0, 0.05) is 32.1 Å². The van der Waals surface area contributed by atoms with E-state index in [9.17, 15) is 4.79 Å². The monoisotopic (exact) mass is 355 g/mol. The van der Waals surface area contributed by atoms with E-state index in [0.717, 1.165) is 43.5 Å². The van der Waals surface area contributed by atoms with Crippen LogP contribution >= 0.6 is 0 Å². The molecule has 26 heavy (non-hydrogen) atoms. The fourth-order valence-electron chi connectivity index (χ4n) is 4.64. The fraction of sp³-hybridized carbons (Fsp3) is 0.619. The van der Waals surface area contributed by atoms with Crippen molar-refractivity contribution < 1.29 is 9.21 Å². The number of benzene rings is 1. The Balaban J connectivity index is 1.37. The molecule has 5 heteroatoms. The maximum atomic E-state index is 13.0. The van der Waals surface area contributed by atoms with Crippen LogP contribution in [-0.2, 0) is 4.79 Å². The zero-order valence-corrected chi connectivity index (χ0v) is 15.9. The number of aromatic nitrogens is 1. The van der Waals surface area contributed by atoms with Crippen LogP contribution < -0.4 is 4.90 Å². The lowest BCUT2D eigenvalue weighted by atomic mass is 9.84. The van der Waals surface area contributed by atoms with Crippen LogP contribution in [0.2, 0.25) is 0 Å². The summed E-state index contributed by atoms with van der Waals surface area (Å²) >= 11 is 0. The molecule has 0 spiro atoms. The average Bonchev–Trinajstić information content (AvgIpc) is 3.11. The number of carbonyl (C=O) groups is 1. The molecule has 140 valence electrons. The number of amides is 1. The average molecular weight is 355 g/mol. The summed E-state index contributed by atoms with van der Waals surface area (Å²) in [6, 6.07) is 8.96. The molecule has 2 atom stereocenters. The number of carbonyl (C=O) groups excluding carboxylic acids is 1. The Hall–Kier alpha value is -2.04. The van der Waals surface area contributed by atoms with Crippen LogP contribution in [0.5, 0.6) is 0 Å². The molecule has 1 aromatic heterocycles. The smallest absolute Gasteiger partial charge is 0.298 e. The van der Waals surface area contributed by atoms with Crippen LogP contribution in [0, 0.1) is 11.8 Å². The molecule has 2 heterocycles. The molecule has 2 aliphatic rings. The number of fused-ring (bicyclic) bond motifs is 1. The van der Waals surface area contributed by atoms with Gasteiger partial charge in [0.1, 0.15) is 5.52 Å². The zero-order chi connectivity index (χ0) is 18.1. The van der Waals surface area contributed by atoms with Gasteiger partial charge >= 0.3 is 0 Å². The Labute approximate surface area is 155 Å². The van der Waals surface area contributed by atoms with E-state index in [2.05, 4.69) is 21.7 Å². The molecule has 1 aliphatic heterocycles. The van der Waals surface area contributed by atoms with Crippen molar-refractivity contribution in [3.05, 3.63) is 24.3 Å². The van der Waals surface area contributed by atoms with E-state index in [1.165, 1.54) is 19.3 Å². The summed E-state index contributed by atoms with van der Waals surface area (Å²) in [4.78, 5) is 21.8. The first kappa shape index (κ1) is 17.4. The van der Waals surface area contributed by atoms with Gasteiger partial charge in [0.25, 0.3) is 6.01 Å². The molecule has 1 saturated heterocycles. The van der Waals surface area contributed by atoms with E-state index < -0.39 is 0 Å². The molecule has 0 bridgehead atoms. The second-order valence-corrected chi connectivity index (χ2v) is 8.00. The molecule has 2 aromatic rings. The van der Waals surface area contributed by atoms with Crippen LogP contribution in [0.25, 0.3) is 11.1 Å². The first-order valence-electron chi connectivity index (χ1n) is 10.0. The standard InChI is InChI=1S/C21H29N3O2/c1-15-7-3-5-9-18(15)23(2)20(25)16-11-13-24(14-12-16)21-22-17-8-4-6-10-19(17)26-21/h4,6,8,10,15-16,18H,3,5,7,9,11-14H2,1-2H3/t15-,18-/m0/s1. The van der Waals surface area contributed by atoms with Crippen LogP contribution in [-0.4, -0.2) is 42.0 Å². The van der Waals surface area contributed by atoms with Gasteiger partial charge in [-0.1, -0.05) is 31.9 Å². The van der Waals surface area contributed by atoms with E-state index in [1.807, 2.05) is 31.3 Å². The molecular formula is C21H29N3O2. The highest BCUT2D eigenvalue weighted by Gasteiger charge is 2.33. The first-order chi connectivity index (χ1) is 12.6. The van der Waals surface area contributed by atoms with Crippen LogP contribution in [0.3, 0.4) is 0 Å². The normalized spacial score (nSPS) is 24.8. The number of hydrogen-bond acceptors (Lipinski definition) is 4. The van der Waals surface area contributed by atoms with E-state index in [1.54, 1.807) is 0 Å². The number of oxazole rings is 1. The van der Waals surface area contributed by atoms with Gasteiger partial charge < -0.3 is 14.2 Å². The van der Waals surface area contributed by atoms with E-state index in [4.69, 9.17) is 4.42 Å². The second-order valence-electron chi connectivity index (χ2n) is 8.00. The number of nitrogens with zero attached hydrogens (tertiary/aromatic N) is 3. The molecule has 0 unspecified atom stereocenters. The molecule has 0 N–H and O–H groups in total. The zero-order valence-electron chi connectivity index (χ0n) is 15.9. The molecule has 1 aromatic carbocycles. The largest absolute Gasteiger partial charge is 0.423 e. The van der Waals surface area contributed by atoms with Gasteiger partial charge in [-0.25, -0.2) is 0 Å². The third-order valence-electron chi connectivity index (χ3n) is 6.31. The van der Waals surface area contributed by atoms with Gasteiger partial charge in [0.2, 0.25) is 5.91 Å². The van der Waals surface area contributed by atoms with Crippen LogP contribution in [0.4, 0.5) is 6.01 Å². The van der Waals surface area contributed by atoms with Crippen molar-refractivity contribution in [3.8, 4) is 0 Å². The van der Waals surface area contributed by atoms with Crippen molar-refractivity contribution in [2.45, 2.75) is 51.5 Å². The Kier molecular flexibility index (Phi) is 4.88. The highest BCUT2D eigenvalue weighted by molar-refractivity contribution is 5.79. The summed E-state index contributed by atoms with van der Waals surface area (Å²) in [5.74, 6) is 1.09. The Bertz CT molecular complexity index is 730. The highest BCUT2D eigenvalue weighted by Crippen LogP contribution is 2.31. The Morgan fingerprint density at radius 2 is 1.88 bits per heavy atom. The highest BCUT2D eigenvalue weighted by atomic mass is 16.4. The lowest BCUT2D eigenvalue weighted by Gasteiger charge is -2.39. The van der Waals surface area contributed by atoms with Gasteiger partial charge in [-0.05, 0) is 43.7 Å². The topological polar surface area (TPSA) is 49.6 Å². The van der Waals surface area contributed by atoms with Gasteiger partial charge in [-0.15, -0.1) is 0 Å². The van der Waals surface area contributed by atoms with Crippen LogP contribution in [0.15, 0.2) is 28.7 Å². The van der Waals surface area contributed by atoms with Gasteiger partial charge in [0.05, 0.1) is 0 Å². The van der Waals surface area contributed by atoms with Crippen molar-refractivity contribution in [2.24, 2.45) is 11.8 Å². The summed E-state index contributed by atoms with van der Waals surface area (Å²) in [7, 11) is 2.02. The van der Waals surface area contributed by atoms with Crippen molar-refractivity contribution >= 4 is 23.0 Å². The predicted molar refractivity (Wildman–Crippen MR) is 103 cm³/mol. The van der Waals surface area contributed by atoms with Crippen molar-refractivity contribution in [1.29, 1.82) is 0 Å². The minimum Gasteiger partial charge on any atom is -0.423 e. The number of rotatable bonds is 3. The fourth-order valence-corrected chi connectivity index (χ4v) is 4.64. The lowest BCUT2D eigenvalue weighted by Crippen LogP contribution is -2.47. The van der Waals surface area contributed by atoms with Crippen molar-refractivity contribution in [1.82, 2.24) is 9.88 Å². The van der Waals surface area contributed by atoms with Crippen LogP contribution in [0.1, 0.15) is 45.4 Å². The number of para-hydroxylation sites is 2. The SMILES string of the molecule is C[C@H]1CCCC[C@@H]1N(C)C(=O)C1CCN(c2nc3ccccc3o2)CC1. The number of piperidine rings is 1. The van der Waals surface area contributed by atoms with E-state index in [0.29, 0.717) is 23.9 Å². The van der Waals surface area contributed by atoms with Gasteiger partial charge in [-0.2, -0.15) is 4.98 Å². The minimum absolute atomic E-state index is 0.134. The quantitative estimate of drug-likeness (QED) is 0.832. The summed E-state index contributed by atoms with van der Waals surface area (Å²) in [6.07, 6.45) is 6.72. The summed E-state index contributed by atoms with van der Waals surface area (Å²) < 4.78 is 5.88. The predicted octanol–water partition coefficient (Wildman–Crippen LogP) is 4.08. The molecular weight excluding hydrogens is 326 g/mol. The molecule has 1 saturated carbocycles. The molecule has 0 radical (unpaired) electrons. The molecule has 1 amide bonds. The minimum atomic E-state index is 0.134. The Morgan fingerprint density at radius 3 is 2.62 bits per heavy atom. The molecule has 4 rings (SSSR count). The molecule has 1 aliphatic carbocycles. The number of anilines is 1. The van der Waals surface area contributed by atoms with Crippen molar-refractivity contribution in [2.75, 3.05) is 25.0 Å². The summed E-state index contributed by atoms with van der Waals surface area (Å²) in [5, 5.41) is 0.